The summed E-state index contributed by atoms with van der Waals surface area (Å²) in [4.78, 5) is 35.3. The Balaban J connectivity index is 1.29. The fourth-order valence-corrected chi connectivity index (χ4v) is 4.54. The van der Waals surface area contributed by atoms with Crippen LogP contribution in [0.3, 0.4) is 0 Å². The summed E-state index contributed by atoms with van der Waals surface area (Å²) in [6, 6.07) is 10.7. The van der Waals surface area contributed by atoms with Gasteiger partial charge in [0.25, 0.3) is 0 Å². The summed E-state index contributed by atoms with van der Waals surface area (Å²) >= 11 is 0. The molecule has 3 heterocycles. The van der Waals surface area contributed by atoms with E-state index in [1.807, 2.05) is 35.8 Å². The maximum Gasteiger partial charge on any atom is 0.410 e. The second-order valence-electron chi connectivity index (χ2n) is 8.57. The number of pyridine rings is 1. The minimum Gasteiger partial charge on any atom is -0.441 e. The minimum atomic E-state index is -2.71. The van der Waals surface area contributed by atoms with E-state index < -0.39 is 17.6 Å². The summed E-state index contributed by atoms with van der Waals surface area (Å²) in [6.45, 7) is 1.90. The average molecular weight is 440 g/mol. The third-order valence-electron chi connectivity index (χ3n) is 6.30. The number of ketones is 1. The fourth-order valence-electron chi connectivity index (χ4n) is 4.54. The van der Waals surface area contributed by atoms with Crippen LogP contribution in [0.4, 0.5) is 13.6 Å². The molecule has 0 N–H and O–H groups in total. The molecule has 166 valence electrons. The van der Waals surface area contributed by atoms with Gasteiger partial charge in [-0.3, -0.25) is 14.3 Å². The van der Waals surface area contributed by atoms with Crippen LogP contribution in [0.1, 0.15) is 41.9 Å². The van der Waals surface area contributed by atoms with Gasteiger partial charge in [0.05, 0.1) is 13.1 Å². The van der Waals surface area contributed by atoms with Crippen molar-refractivity contribution in [2.24, 2.45) is 0 Å². The molecule has 0 unspecified atom stereocenters. The van der Waals surface area contributed by atoms with Gasteiger partial charge in [-0.25, -0.2) is 23.5 Å². The van der Waals surface area contributed by atoms with Crippen molar-refractivity contribution in [1.82, 2.24) is 19.4 Å². The molecular weight excluding hydrogens is 418 g/mol. The van der Waals surface area contributed by atoms with Crippen LogP contribution in [0.15, 0.2) is 42.6 Å². The van der Waals surface area contributed by atoms with E-state index in [0.29, 0.717) is 5.56 Å². The van der Waals surface area contributed by atoms with Gasteiger partial charge in [-0.05, 0) is 56.2 Å². The maximum absolute atomic E-state index is 13.5. The van der Waals surface area contributed by atoms with Crippen LogP contribution in [0, 0.1) is 6.92 Å². The maximum atomic E-state index is 13.5. The summed E-state index contributed by atoms with van der Waals surface area (Å²) < 4.78 is 34.3. The number of nitrogens with zero attached hydrogens (tertiary/aromatic N) is 4. The molecule has 1 aliphatic carbocycles. The van der Waals surface area contributed by atoms with Crippen LogP contribution < -0.4 is 0 Å². The fraction of sp³-hybridized carbons (Fsp3) is 0.391. The number of benzene rings is 1. The topological polar surface area (TPSA) is 77.3 Å². The summed E-state index contributed by atoms with van der Waals surface area (Å²) in [5.41, 5.74) is 1.88. The smallest absolute Gasteiger partial charge is 0.410 e. The first-order chi connectivity index (χ1) is 15.3. The number of aromatic nitrogens is 3. The third-order valence-corrected chi connectivity index (χ3v) is 6.30. The molecule has 1 aliphatic heterocycles. The highest BCUT2D eigenvalue weighted by Gasteiger charge is 2.51. The zero-order chi connectivity index (χ0) is 22.5. The largest absolute Gasteiger partial charge is 0.441 e. The molecule has 3 aromatic rings. The molecule has 32 heavy (non-hydrogen) atoms. The highest BCUT2D eigenvalue weighted by atomic mass is 19.3. The molecule has 2 aromatic heterocycles. The highest BCUT2D eigenvalue weighted by Crippen LogP contribution is 2.43. The lowest BCUT2D eigenvalue weighted by Crippen LogP contribution is -2.42. The van der Waals surface area contributed by atoms with Gasteiger partial charge in [0, 0.05) is 30.3 Å². The molecule has 1 saturated carbocycles. The van der Waals surface area contributed by atoms with E-state index in [0.717, 1.165) is 22.7 Å². The Kier molecular flexibility index (Phi) is 4.72. The van der Waals surface area contributed by atoms with Crippen molar-refractivity contribution in [3.63, 3.8) is 0 Å². The number of rotatable bonds is 4. The predicted molar refractivity (Wildman–Crippen MR) is 112 cm³/mol. The zero-order valence-electron chi connectivity index (χ0n) is 17.6. The number of carbonyl (C=O) groups is 2. The van der Waals surface area contributed by atoms with Crippen molar-refractivity contribution in [2.45, 2.75) is 44.1 Å². The van der Waals surface area contributed by atoms with Crippen molar-refractivity contribution < 1.29 is 23.1 Å². The molecule has 5 rings (SSSR count). The van der Waals surface area contributed by atoms with E-state index in [-0.39, 0.29) is 44.6 Å². The van der Waals surface area contributed by atoms with E-state index in [9.17, 15) is 18.4 Å². The van der Waals surface area contributed by atoms with Gasteiger partial charge >= 0.3 is 6.09 Å². The summed E-state index contributed by atoms with van der Waals surface area (Å²) in [5, 5.41) is 0. The minimum absolute atomic E-state index is 0.109. The Morgan fingerprint density at radius 3 is 2.56 bits per heavy atom. The predicted octanol–water partition coefficient (Wildman–Crippen LogP) is 4.31. The van der Waals surface area contributed by atoms with Crippen LogP contribution in [-0.4, -0.2) is 55.9 Å². The number of amides is 1. The number of hydrogen-bond acceptors (Lipinski definition) is 5. The number of halogens is 2. The van der Waals surface area contributed by atoms with Crippen molar-refractivity contribution in [2.75, 3.05) is 13.1 Å². The quantitative estimate of drug-likeness (QED) is 0.565. The molecule has 0 bridgehead atoms. The molecule has 9 heteroatoms. The Bertz CT molecular complexity index is 1200. The van der Waals surface area contributed by atoms with Crippen LogP contribution in [-0.2, 0) is 4.74 Å². The van der Waals surface area contributed by atoms with E-state index in [1.165, 1.54) is 4.90 Å². The first-order valence-electron chi connectivity index (χ1n) is 10.5. The second-order valence-corrected chi connectivity index (χ2v) is 8.57. The summed E-state index contributed by atoms with van der Waals surface area (Å²) in [5.74, 6) is -2.17. The molecule has 1 saturated heterocycles. The Labute approximate surface area is 183 Å². The van der Waals surface area contributed by atoms with Crippen LogP contribution in [0.2, 0.25) is 0 Å². The summed E-state index contributed by atoms with van der Waals surface area (Å²) in [7, 11) is 0. The SMILES string of the molecule is Cc1nc2cccnc2n1-c1ccc(C(=O)CN2CC3(CCC(F)(F)CC3)OC2=O)cc1. The number of ether oxygens (including phenoxy) is 1. The second kappa shape index (κ2) is 7.36. The Morgan fingerprint density at radius 1 is 1.12 bits per heavy atom. The number of imidazole rings is 1. The van der Waals surface area contributed by atoms with E-state index in [4.69, 9.17) is 4.74 Å². The molecule has 0 radical (unpaired) electrons. The average Bonchev–Trinajstić information content (AvgIpc) is 3.26. The first kappa shape index (κ1) is 20.5. The van der Waals surface area contributed by atoms with Gasteiger partial charge in [-0.2, -0.15) is 0 Å². The molecule has 2 fully saturated rings. The van der Waals surface area contributed by atoms with Crippen molar-refractivity contribution in [3.05, 3.63) is 54.0 Å². The first-order valence-corrected chi connectivity index (χ1v) is 10.5. The highest BCUT2D eigenvalue weighted by molar-refractivity contribution is 5.99. The number of alkyl halides is 2. The van der Waals surface area contributed by atoms with Crippen molar-refractivity contribution in [1.29, 1.82) is 0 Å². The summed E-state index contributed by atoms with van der Waals surface area (Å²) in [6.07, 6.45) is 0.690. The lowest BCUT2D eigenvalue weighted by atomic mass is 9.82. The number of Topliss-reactive ketones (excluding diaryl/α,β-unsaturated/α-hetero) is 1. The Hall–Kier alpha value is -3.36. The molecule has 1 aromatic carbocycles. The van der Waals surface area contributed by atoms with Crippen LogP contribution in [0.25, 0.3) is 16.9 Å². The normalized spacial score (nSPS) is 19.5. The standard InChI is InChI=1S/C23H22F2N4O3/c1-15-27-18-3-2-12-26-20(18)29(15)17-6-4-16(5-7-17)19(30)13-28-14-22(32-21(28)31)8-10-23(24,25)11-9-22/h2-7,12H,8-11,13-14H2,1H3. The van der Waals surface area contributed by atoms with Gasteiger partial charge in [-0.1, -0.05) is 0 Å². The Morgan fingerprint density at radius 2 is 1.84 bits per heavy atom. The van der Waals surface area contributed by atoms with E-state index >= 15 is 0 Å². The number of aryl methyl sites for hydroxylation is 1. The van der Waals surface area contributed by atoms with Gasteiger partial charge in [0.15, 0.2) is 11.4 Å². The lowest BCUT2D eigenvalue weighted by molar-refractivity contribution is -0.0910. The van der Waals surface area contributed by atoms with Gasteiger partial charge in [0.2, 0.25) is 5.92 Å². The van der Waals surface area contributed by atoms with Gasteiger partial charge in [0.1, 0.15) is 16.9 Å². The molecule has 1 amide bonds. The molecule has 0 atom stereocenters. The van der Waals surface area contributed by atoms with E-state index in [2.05, 4.69) is 9.97 Å². The van der Waals surface area contributed by atoms with E-state index in [1.54, 1.807) is 18.3 Å². The van der Waals surface area contributed by atoms with Crippen molar-refractivity contribution in [3.8, 4) is 5.69 Å². The van der Waals surface area contributed by atoms with Crippen LogP contribution >= 0.6 is 0 Å². The lowest BCUT2D eigenvalue weighted by Gasteiger charge is -2.34. The zero-order valence-corrected chi connectivity index (χ0v) is 17.6. The van der Waals surface area contributed by atoms with Crippen LogP contribution in [0.5, 0.6) is 0 Å². The van der Waals surface area contributed by atoms with Crippen molar-refractivity contribution >= 4 is 23.0 Å². The number of hydrogen-bond donors (Lipinski definition) is 0. The van der Waals surface area contributed by atoms with Gasteiger partial charge in [-0.15, -0.1) is 0 Å². The number of carbonyl (C=O) groups excluding carboxylic acids is 2. The van der Waals surface area contributed by atoms with Gasteiger partial charge < -0.3 is 4.74 Å². The molecule has 1 spiro atoms. The third kappa shape index (κ3) is 3.61. The molecular formula is C23H22F2N4O3. The number of fused-ring (bicyclic) bond motifs is 1. The molecule has 2 aliphatic rings. The molecule has 7 nitrogen and oxygen atoms in total. The monoisotopic (exact) mass is 440 g/mol.